The molecule has 0 bridgehead atoms. The fourth-order valence-corrected chi connectivity index (χ4v) is 3.75. The number of imide groups is 1. The molecule has 8 heteroatoms. The third-order valence-corrected chi connectivity index (χ3v) is 5.83. The number of nitrogens with zero attached hydrogens (tertiary/aromatic N) is 1. The van der Waals surface area contributed by atoms with Gasteiger partial charge in [-0.2, -0.15) is 0 Å². The molecule has 27 heavy (non-hydrogen) atoms. The number of hydrogen-bond acceptors (Lipinski definition) is 4. The largest absolute Gasteiger partial charge is 0.344 e. The van der Waals surface area contributed by atoms with Crippen molar-refractivity contribution in [1.82, 2.24) is 10.2 Å². The number of carbonyl (C=O) groups is 3. The van der Waals surface area contributed by atoms with E-state index in [0.29, 0.717) is 32.2 Å². The molecule has 2 rings (SSSR count). The monoisotopic (exact) mass is 392 g/mol. The third kappa shape index (κ3) is 6.77. The molecule has 0 aliphatic carbocycles. The molecule has 1 aromatic rings. The van der Waals surface area contributed by atoms with Gasteiger partial charge in [-0.25, -0.2) is 0 Å². The van der Waals surface area contributed by atoms with Crippen molar-refractivity contribution in [2.75, 3.05) is 13.2 Å². The molecule has 3 amide bonds. The van der Waals surface area contributed by atoms with Crippen LogP contribution in [0.4, 0.5) is 0 Å². The number of carbonyl (C=O) groups excluding carboxylic acids is 3. The van der Waals surface area contributed by atoms with E-state index in [4.69, 9.17) is 0 Å². The molecule has 0 fully saturated rings. The maximum atomic E-state index is 12.1. The van der Waals surface area contributed by atoms with Crippen LogP contribution < -0.4 is 5.32 Å². The van der Waals surface area contributed by atoms with E-state index in [-0.39, 0.29) is 24.1 Å². The molecule has 1 aliphatic heterocycles. The fourth-order valence-electron chi connectivity index (χ4n) is 2.82. The summed E-state index contributed by atoms with van der Waals surface area (Å²) in [6.45, 7) is 1.59. The fraction of sp³-hybridized carbons (Fsp3) is 0.421. The lowest BCUT2D eigenvalue weighted by Gasteiger charge is -2.21. The van der Waals surface area contributed by atoms with Gasteiger partial charge in [-0.15, -0.1) is 0 Å². The van der Waals surface area contributed by atoms with Crippen LogP contribution in [0, 0.1) is 0 Å². The Bertz CT molecular complexity index is 739. The van der Waals surface area contributed by atoms with Gasteiger partial charge < -0.3 is 10.2 Å². The maximum absolute atomic E-state index is 12.1. The molecule has 0 radical (unpaired) electrons. The highest BCUT2D eigenvalue weighted by molar-refractivity contribution is 7.57. The Balaban J connectivity index is 1.73. The normalized spacial score (nSPS) is 17.0. The van der Waals surface area contributed by atoms with Crippen molar-refractivity contribution in [3.05, 3.63) is 48.0 Å². The first-order chi connectivity index (χ1) is 12.8. The van der Waals surface area contributed by atoms with Crippen molar-refractivity contribution >= 4 is 25.1 Å². The van der Waals surface area contributed by atoms with Crippen molar-refractivity contribution in [2.24, 2.45) is 0 Å². The molecule has 1 aliphatic rings. The molecule has 1 unspecified atom stereocenters. The standard InChI is InChI=1S/C19H25N2O5P/c1-27(25,26)17(14-15-8-4-2-5-9-15)20-16(22)10-6-3-7-13-21-18(23)11-12-19(21)24/h2,4-5,8-9,11-12,17H,3,6-7,10,13-14H2,1H3,(H,20,22)(H,25,26)/t17-/m1/s1. The highest BCUT2D eigenvalue weighted by Crippen LogP contribution is 2.41. The van der Waals surface area contributed by atoms with Crippen LogP contribution in [0.3, 0.4) is 0 Å². The van der Waals surface area contributed by atoms with Gasteiger partial charge in [0.05, 0.1) is 0 Å². The van der Waals surface area contributed by atoms with Gasteiger partial charge >= 0.3 is 0 Å². The number of unbranched alkanes of at least 4 members (excludes halogenated alkanes) is 2. The number of benzene rings is 1. The number of nitrogens with one attached hydrogen (secondary N) is 1. The van der Waals surface area contributed by atoms with Crippen LogP contribution in [0.2, 0.25) is 0 Å². The minimum absolute atomic E-state index is 0.228. The highest BCUT2D eigenvalue weighted by Gasteiger charge is 2.27. The molecule has 146 valence electrons. The molecule has 2 N–H and O–H groups in total. The molecular formula is C19H25N2O5P. The molecule has 7 nitrogen and oxygen atoms in total. The quantitative estimate of drug-likeness (QED) is 0.360. The van der Waals surface area contributed by atoms with Crippen molar-refractivity contribution in [1.29, 1.82) is 0 Å². The van der Waals surface area contributed by atoms with E-state index < -0.39 is 13.2 Å². The summed E-state index contributed by atoms with van der Waals surface area (Å²) in [6, 6.07) is 9.26. The minimum Gasteiger partial charge on any atom is -0.344 e. The van der Waals surface area contributed by atoms with Gasteiger partial charge in [0.2, 0.25) is 13.3 Å². The first-order valence-electron chi connectivity index (χ1n) is 8.94. The van der Waals surface area contributed by atoms with Gasteiger partial charge in [0, 0.05) is 38.2 Å². The SMILES string of the molecule is CP(=O)(O)[C@H](Cc1ccccc1)NC(=O)CCCCCN1C(=O)C=CC1=O. The summed E-state index contributed by atoms with van der Waals surface area (Å²) in [6.07, 6.45) is 4.89. The van der Waals surface area contributed by atoms with Gasteiger partial charge in [-0.1, -0.05) is 36.8 Å². The Labute approximate surface area is 158 Å². The van der Waals surface area contributed by atoms with Crippen molar-refractivity contribution in [2.45, 2.75) is 37.9 Å². The van der Waals surface area contributed by atoms with Crippen LogP contribution in [0.5, 0.6) is 0 Å². The first kappa shape index (κ1) is 21.1. The van der Waals surface area contributed by atoms with Crippen molar-refractivity contribution in [3.8, 4) is 0 Å². The average Bonchev–Trinajstić information content (AvgIpc) is 2.93. The van der Waals surface area contributed by atoms with Crippen LogP contribution in [0.1, 0.15) is 31.2 Å². The van der Waals surface area contributed by atoms with Gasteiger partial charge in [-0.3, -0.25) is 23.8 Å². The van der Waals surface area contributed by atoms with Gasteiger partial charge in [0.15, 0.2) is 0 Å². The Kier molecular flexibility index (Phi) is 7.51. The summed E-state index contributed by atoms with van der Waals surface area (Å²) in [5, 5.41) is 2.67. The second kappa shape index (κ2) is 9.62. The third-order valence-electron chi connectivity index (χ3n) is 4.36. The molecule has 0 saturated heterocycles. The molecule has 2 atom stereocenters. The lowest BCUT2D eigenvalue weighted by atomic mass is 10.1. The van der Waals surface area contributed by atoms with E-state index in [1.54, 1.807) is 0 Å². The van der Waals surface area contributed by atoms with E-state index in [2.05, 4.69) is 5.32 Å². The van der Waals surface area contributed by atoms with Crippen LogP contribution in [-0.4, -0.2) is 46.5 Å². The second-order valence-corrected chi connectivity index (χ2v) is 9.20. The van der Waals surface area contributed by atoms with E-state index in [0.717, 1.165) is 5.56 Å². The predicted molar refractivity (Wildman–Crippen MR) is 102 cm³/mol. The zero-order valence-corrected chi connectivity index (χ0v) is 16.2. The Morgan fingerprint density at radius 1 is 1.11 bits per heavy atom. The molecular weight excluding hydrogens is 367 g/mol. The molecule has 0 aromatic heterocycles. The average molecular weight is 392 g/mol. The zero-order chi connectivity index (χ0) is 19.9. The second-order valence-electron chi connectivity index (χ2n) is 6.69. The molecule has 1 heterocycles. The van der Waals surface area contributed by atoms with Gasteiger partial charge in [0.25, 0.3) is 11.8 Å². The van der Waals surface area contributed by atoms with Crippen LogP contribution in [0.25, 0.3) is 0 Å². The lowest BCUT2D eigenvalue weighted by molar-refractivity contribution is -0.137. The number of hydrogen-bond donors (Lipinski definition) is 2. The van der Waals surface area contributed by atoms with Gasteiger partial charge in [0.1, 0.15) is 5.78 Å². The maximum Gasteiger partial charge on any atom is 0.253 e. The van der Waals surface area contributed by atoms with Crippen molar-refractivity contribution in [3.63, 3.8) is 0 Å². The Hall–Kier alpha value is -2.24. The Morgan fingerprint density at radius 3 is 2.33 bits per heavy atom. The zero-order valence-electron chi connectivity index (χ0n) is 15.3. The summed E-state index contributed by atoms with van der Waals surface area (Å²) in [5.74, 6) is -1.70. The van der Waals surface area contributed by atoms with E-state index >= 15 is 0 Å². The summed E-state index contributed by atoms with van der Waals surface area (Å²) in [4.78, 5) is 46.1. The first-order valence-corrected chi connectivity index (χ1v) is 11.1. The number of rotatable bonds is 10. The highest BCUT2D eigenvalue weighted by atomic mass is 31.2. The van der Waals surface area contributed by atoms with E-state index in [9.17, 15) is 23.8 Å². The van der Waals surface area contributed by atoms with Crippen LogP contribution in [-0.2, 0) is 25.4 Å². The number of amides is 3. The summed E-state index contributed by atoms with van der Waals surface area (Å²) in [5.41, 5.74) is 0.882. The van der Waals surface area contributed by atoms with E-state index in [1.807, 2.05) is 30.3 Å². The lowest BCUT2D eigenvalue weighted by Crippen LogP contribution is -2.36. The molecule has 0 saturated carbocycles. The topological polar surface area (TPSA) is 104 Å². The smallest absolute Gasteiger partial charge is 0.253 e. The molecule has 0 spiro atoms. The Morgan fingerprint density at radius 2 is 1.74 bits per heavy atom. The van der Waals surface area contributed by atoms with Gasteiger partial charge in [-0.05, 0) is 18.4 Å². The summed E-state index contributed by atoms with van der Waals surface area (Å²) < 4.78 is 12.1. The summed E-state index contributed by atoms with van der Waals surface area (Å²) >= 11 is 0. The predicted octanol–water partition coefficient (Wildman–Crippen LogP) is 2.06. The molecule has 1 aromatic carbocycles. The minimum atomic E-state index is -3.49. The van der Waals surface area contributed by atoms with Crippen molar-refractivity contribution < 1.29 is 23.8 Å². The van der Waals surface area contributed by atoms with Crippen LogP contribution in [0.15, 0.2) is 42.5 Å². The van der Waals surface area contributed by atoms with Crippen LogP contribution >= 0.6 is 7.37 Å². The van der Waals surface area contributed by atoms with E-state index in [1.165, 1.54) is 23.7 Å². The summed E-state index contributed by atoms with van der Waals surface area (Å²) in [7, 11) is -3.49.